The third-order valence-electron chi connectivity index (χ3n) is 9.91. The van der Waals surface area contributed by atoms with Crippen molar-refractivity contribution in [3.8, 4) is 22.3 Å². The highest BCUT2D eigenvalue weighted by molar-refractivity contribution is 6.14. The zero-order valence-corrected chi connectivity index (χ0v) is 26.2. The van der Waals surface area contributed by atoms with Crippen LogP contribution < -0.4 is 0 Å². The molecule has 0 radical (unpaired) electrons. The number of benzene rings is 7. The lowest BCUT2D eigenvalue weighted by Crippen LogP contribution is -1.97. The average molecular weight is 612 g/mol. The lowest BCUT2D eigenvalue weighted by Gasteiger charge is -2.21. The highest BCUT2D eigenvalue weighted by Gasteiger charge is 2.22. The lowest BCUT2D eigenvalue weighted by molar-refractivity contribution is 0.667. The van der Waals surface area contributed by atoms with Gasteiger partial charge in [-0.2, -0.15) is 0 Å². The Morgan fingerprint density at radius 3 is 1.75 bits per heavy atom. The van der Waals surface area contributed by atoms with Gasteiger partial charge in [0.05, 0.1) is 11.9 Å². The normalized spacial score (nSPS) is 13.0. The molecule has 1 aliphatic carbocycles. The minimum atomic E-state index is 0.771. The predicted octanol–water partition coefficient (Wildman–Crippen LogP) is 12.7. The molecular weight excluding hydrogens is 583 g/mol. The van der Waals surface area contributed by atoms with Gasteiger partial charge in [0.25, 0.3) is 0 Å². The van der Waals surface area contributed by atoms with Crippen LogP contribution in [0.5, 0.6) is 0 Å². The molecule has 0 unspecified atom stereocenters. The topological polar surface area (TPSA) is 26.0 Å². The zero-order valence-electron chi connectivity index (χ0n) is 26.2. The Hall–Kier alpha value is -6.25. The Labute approximate surface area is 277 Å². The van der Waals surface area contributed by atoms with Gasteiger partial charge in [0.1, 0.15) is 5.58 Å². The first-order chi connectivity index (χ1) is 23.8. The summed E-state index contributed by atoms with van der Waals surface area (Å²) in [7, 11) is 0. The van der Waals surface area contributed by atoms with Crippen LogP contribution in [-0.2, 0) is 0 Å². The second-order valence-corrected chi connectivity index (χ2v) is 12.7. The van der Waals surface area contributed by atoms with E-state index in [9.17, 15) is 0 Å². The molecule has 0 aliphatic heterocycles. The maximum absolute atomic E-state index is 6.14. The van der Waals surface area contributed by atoms with Gasteiger partial charge in [-0.25, -0.2) is 0 Å². The Morgan fingerprint density at radius 2 is 1.06 bits per heavy atom. The van der Waals surface area contributed by atoms with Gasteiger partial charge in [-0.15, -0.1) is 0 Å². The van der Waals surface area contributed by atoms with Crippen LogP contribution in [0.2, 0.25) is 0 Å². The third-order valence-corrected chi connectivity index (χ3v) is 9.91. The minimum absolute atomic E-state index is 0.771. The highest BCUT2D eigenvalue weighted by Crippen LogP contribution is 2.46. The van der Waals surface area contributed by atoms with E-state index in [1.165, 1.54) is 71.3 Å². The van der Waals surface area contributed by atoms with E-state index in [1.807, 2.05) is 18.3 Å². The van der Waals surface area contributed by atoms with Crippen molar-refractivity contribution in [1.29, 1.82) is 0 Å². The number of para-hydroxylation sites is 1. The van der Waals surface area contributed by atoms with Gasteiger partial charge in [-0.3, -0.25) is 4.98 Å². The molecule has 0 amide bonds. The zero-order chi connectivity index (χ0) is 31.6. The van der Waals surface area contributed by atoms with Crippen molar-refractivity contribution in [2.24, 2.45) is 0 Å². The van der Waals surface area contributed by atoms with Crippen molar-refractivity contribution in [2.75, 3.05) is 0 Å². The molecule has 10 rings (SSSR count). The summed E-state index contributed by atoms with van der Waals surface area (Å²) in [5.74, 6) is 0. The van der Waals surface area contributed by atoms with Crippen LogP contribution in [0.15, 0.2) is 156 Å². The van der Waals surface area contributed by atoms with E-state index in [-0.39, 0.29) is 0 Å². The number of furan rings is 1. The van der Waals surface area contributed by atoms with E-state index in [0.717, 1.165) is 34.1 Å². The molecule has 0 atom stereocenters. The predicted molar refractivity (Wildman–Crippen MR) is 203 cm³/mol. The fourth-order valence-electron chi connectivity index (χ4n) is 7.64. The SMILES string of the molecule is C1=Cc2c(c(-c3ccc4ccccc4c3)c3ccccc3c2-c2ccc3ccccc3c2)C=C(c2cc3c(cn2)oc2ccccc23)C1. The lowest BCUT2D eigenvalue weighted by atomic mass is 9.82. The second kappa shape index (κ2) is 10.7. The number of fused-ring (bicyclic) bond motifs is 7. The highest BCUT2D eigenvalue weighted by atomic mass is 16.3. The quantitative estimate of drug-likeness (QED) is 0.199. The molecule has 0 spiro atoms. The number of allylic oxidation sites excluding steroid dienone is 2. The molecule has 0 saturated heterocycles. The number of rotatable bonds is 3. The van der Waals surface area contributed by atoms with Crippen LogP contribution in [-0.4, -0.2) is 4.98 Å². The molecule has 224 valence electrons. The Balaban J connectivity index is 1.29. The summed E-state index contributed by atoms with van der Waals surface area (Å²) in [6.07, 6.45) is 9.69. The van der Waals surface area contributed by atoms with E-state index in [1.54, 1.807) is 0 Å². The van der Waals surface area contributed by atoms with Crippen LogP contribution >= 0.6 is 0 Å². The van der Waals surface area contributed by atoms with Gasteiger partial charge in [0, 0.05) is 10.8 Å². The monoisotopic (exact) mass is 611 g/mol. The van der Waals surface area contributed by atoms with Gasteiger partial charge in [-0.1, -0.05) is 127 Å². The molecule has 1 aliphatic rings. The van der Waals surface area contributed by atoms with Gasteiger partial charge in [0.2, 0.25) is 0 Å². The third kappa shape index (κ3) is 4.23. The summed E-state index contributed by atoms with van der Waals surface area (Å²) in [4.78, 5) is 4.96. The van der Waals surface area contributed by atoms with Gasteiger partial charge < -0.3 is 4.42 Å². The fourth-order valence-corrected chi connectivity index (χ4v) is 7.64. The van der Waals surface area contributed by atoms with Crippen molar-refractivity contribution < 1.29 is 4.42 Å². The first kappa shape index (κ1) is 26.9. The Morgan fingerprint density at radius 1 is 0.479 bits per heavy atom. The molecular formula is C46H29NO. The van der Waals surface area contributed by atoms with Crippen LogP contribution in [0.3, 0.4) is 0 Å². The summed E-state index contributed by atoms with van der Waals surface area (Å²) in [5.41, 5.74) is 11.2. The number of aromatic nitrogens is 1. The van der Waals surface area contributed by atoms with Crippen molar-refractivity contribution in [2.45, 2.75) is 6.42 Å². The van der Waals surface area contributed by atoms with Gasteiger partial charge in [-0.05, 0) is 108 Å². The molecule has 7 aromatic carbocycles. The number of hydrogen-bond acceptors (Lipinski definition) is 2. The maximum atomic E-state index is 6.14. The standard InChI is InChI=1S/C46H29NO/c1-3-12-31-24-34(22-20-29(31)10-1)45-37-16-5-6-17-38(37)46(35-23-21-30-11-2-4-13-32(30)25-35)41-26-33(14-9-18-39(41)45)42-27-40-36-15-7-8-19-43(36)48-44(40)28-47-42/h1-13,15-28H,14H2. The number of hydrogen-bond donors (Lipinski definition) is 0. The molecule has 0 N–H and O–H groups in total. The molecule has 0 bridgehead atoms. The van der Waals surface area contributed by atoms with E-state index in [2.05, 4.69) is 146 Å². The number of pyridine rings is 1. The smallest absolute Gasteiger partial charge is 0.153 e. The minimum Gasteiger partial charge on any atom is -0.454 e. The van der Waals surface area contributed by atoms with Gasteiger partial charge >= 0.3 is 0 Å². The Kier molecular flexibility index (Phi) is 5.97. The molecule has 48 heavy (non-hydrogen) atoms. The largest absolute Gasteiger partial charge is 0.454 e. The molecule has 9 aromatic rings. The first-order valence-electron chi connectivity index (χ1n) is 16.5. The van der Waals surface area contributed by atoms with E-state index < -0.39 is 0 Å². The van der Waals surface area contributed by atoms with Crippen LogP contribution in [0.4, 0.5) is 0 Å². The molecule has 2 aromatic heterocycles. The van der Waals surface area contributed by atoms with Crippen molar-refractivity contribution in [3.05, 3.63) is 169 Å². The summed E-state index contributed by atoms with van der Waals surface area (Å²) in [6, 6.07) is 50.3. The summed E-state index contributed by atoms with van der Waals surface area (Å²) in [6.45, 7) is 0. The van der Waals surface area contributed by atoms with E-state index in [4.69, 9.17) is 9.40 Å². The summed E-state index contributed by atoms with van der Waals surface area (Å²) >= 11 is 0. The van der Waals surface area contributed by atoms with E-state index in [0.29, 0.717) is 0 Å². The van der Waals surface area contributed by atoms with Crippen molar-refractivity contribution in [3.63, 3.8) is 0 Å². The van der Waals surface area contributed by atoms with Crippen LogP contribution in [0.25, 0.3) is 94.2 Å². The van der Waals surface area contributed by atoms with Crippen LogP contribution in [0, 0.1) is 0 Å². The summed E-state index contributed by atoms with van der Waals surface area (Å²) < 4.78 is 6.14. The second-order valence-electron chi connectivity index (χ2n) is 12.7. The van der Waals surface area contributed by atoms with Gasteiger partial charge in [0.15, 0.2) is 5.58 Å². The number of nitrogens with zero attached hydrogens (tertiary/aromatic N) is 1. The van der Waals surface area contributed by atoms with Crippen molar-refractivity contribution in [1.82, 2.24) is 4.98 Å². The average Bonchev–Trinajstić information content (AvgIpc) is 3.37. The molecule has 0 saturated carbocycles. The fraction of sp³-hybridized carbons (Fsp3) is 0.0217. The molecule has 2 nitrogen and oxygen atoms in total. The first-order valence-corrected chi connectivity index (χ1v) is 16.5. The van der Waals surface area contributed by atoms with E-state index >= 15 is 0 Å². The molecule has 2 heteroatoms. The van der Waals surface area contributed by atoms with Crippen molar-refractivity contribution >= 4 is 72.0 Å². The summed E-state index contributed by atoms with van der Waals surface area (Å²) in [5, 5.41) is 9.66. The van der Waals surface area contributed by atoms with Crippen LogP contribution in [0.1, 0.15) is 23.2 Å². The molecule has 0 fully saturated rings. The Bertz CT molecular complexity index is 2810. The molecule has 2 heterocycles. The maximum Gasteiger partial charge on any atom is 0.153 e.